The van der Waals surface area contributed by atoms with E-state index in [0.717, 1.165) is 0 Å². The number of carboxylic acid groups (broad SMARTS) is 1. The second-order valence-corrected chi connectivity index (χ2v) is 5.73. The zero-order valence-electron chi connectivity index (χ0n) is 14.6. The van der Waals surface area contributed by atoms with Crippen LogP contribution >= 0.6 is 0 Å². The van der Waals surface area contributed by atoms with Crippen molar-refractivity contribution in [2.24, 2.45) is 0 Å². The number of fused-ring (bicyclic) bond motifs is 1. The Bertz CT molecular complexity index is 1230. The lowest BCUT2D eigenvalue weighted by Gasteiger charge is -2.10. The smallest absolute Gasteiger partial charge is 0.377 e. The molecule has 28 heavy (non-hydrogen) atoms. The van der Waals surface area contributed by atoms with Crippen LogP contribution in [0.5, 0.6) is 0 Å². The molecular formula is C18H14N6O4. The van der Waals surface area contributed by atoms with E-state index in [1.165, 1.54) is 4.57 Å². The molecule has 0 fully saturated rings. The topological polar surface area (TPSA) is 135 Å². The van der Waals surface area contributed by atoms with Gasteiger partial charge < -0.3 is 20.3 Å². The molecule has 0 aromatic carbocycles. The Hall–Kier alpha value is -4.21. The number of nitrogens with zero attached hydrogens (tertiary/aromatic N) is 4. The fourth-order valence-electron chi connectivity index (χ4n) is 2.72. The Labute approximate surface area is 157 Å². The minimum atomic E-state index is -1.29. The van der Waals surface area contributed by atoms with Crippen LogP contribution in [0, 0.1) is 0 Å². The molecule has 0 atom stereocenters. The molecule has 4 aromatic heterocycles. The number of rotatable bonds is 5. The van der Waals surface area contributed by atoms with Gasteiger partial charge in [-0.1, -0.05) is 11.2 Å². The molecule has 0 aliphatic carbocycles. The average Bonchev–Trinajstić information content (AvgIpc) is 3.14. The molecule has 10 heteroatoms. The van der Waals surface area contributed by atoms with E-state index in [9.17, 15) is 14.7 Å². The zero-order chi connectivity index (χ0) is 19.7. The highest BCUT2D eigenvalue weighted by Gasteiger charge is 2.20. The molecule has 0 aliphatic heterocycles. The molecule has 4 aromatic rings. The molecule has 0 aliphatic rings. The van der Waals surface area contributed by atoms with Crippen LogP contribution in [-0.2, 0) is 0 Å². The number of carbonyl (C=O) groups is 1. The fourth-order valence-corrected chi connectivity index (χ4v) is 2.72. The monoisotopic (exact) mass is 378 g/mol. The van der Waals surface area contributed by atoms with Crippen LogP contribution in [0.1, 0.15) is 10.6 Å². The van der Waals surface area contributed by atoms with E-state index < -0.39 is 5.97 Å². The van der Waals surface area contributed by atoms with Gasteiger partial charge in [0.25, 0.3) is 11.3 Å². The molecule has 0 spiro atoms. The first-order valence-electron chi connectivity index (χ1n) is 8.20. The maximum Gasteiger partial charge on any atom is 0.377 e. The van der Waals surface area contributed by atoms with Gasteiger partial charge in [-0.3, -0.25) is 9.36 Å². The maximum absolute atomic E-state index is 12.8. The maximum atomic E-state index is 12.8. The van der Waals surface area contributed by atoms with Gasteiger partial charge in [0.2, 0.25) is 0 Å². The number of hydrogen-bond acceptors (Lipinski definition) is 8. The van der Waals surface area contributed by atoms with Crippen molar-refractivity contribution < 1.29 is 14.4 Å². The predicted molar refractivity (Wildman–Crippen MR) is 101 cm³/mol. The molecule has 0 unspecified atom stereocenters. The summed E-state index contributed by atoms with van der Waals surface area (Å²) in [4.78, 5) is 32.6. The predicted octanol–water partition coefficient (Wildman–Crippen LogP) is 2.25. The van der Waals surface area contributed by atoms with Crippen molar-refractivity contribution in [2.45, 2.75) is 0 Å². The standard InChI is InChI=1S/C18H14N6O4/c1-19-11-9-12(22-15-14(11)23-28-16(15)18(26)27)21-10-5-4-8-24(17(10)25)13-6-2-3-7-20-13/h2-9,19H,1H3,(H,21,22)(H,26,27). The van der Waals surface area contributed by atoms with E-state index in [1.807, 2.05) is 0 Å². The van der Waals surface area contributed by atoms with Crippen molar-refractivity contribution in [1.82, 2.24) is 19.7 Å². The number of carboxylic acids is 1. The molecule has 0 saturated heterocycles. The summed E-state index contributed by atoms with van der Waals surface area (Å²) in [5.74, 6) is -0.929. The van der Waals surface area contributed by atoms with E-state index in [4.69, 9.17) is 4.52 Å². The molecule has 4 rings (SSSR count). The largest absolute Gasteiger partial charge is 0.475 e. The Morgan fingerprint density at radius 2 is 2.04 bits per heavy atom. The number of nitrogens with one attached hydrogen (secondary N) is 2. The summed E-state index contributed by atoms with van der Waals surface area (Å²) in [6.07, 6.45) is 3.20. The molecule has 4 heterocycles. The molecule has 0 saturated carbocycles. The van der Waals surface area contributed by atoms with Crippen LogP contribution in [0.3, 0.4) is 0 Å². The van der Waals surface area contributed by atoms with Gasteiger partial charge in [0.1, 0.15) is 22.8 Å². The lowest BCUT2D eigenvalue weighted by molar-refractivity contribution is 0.0655. The van der Waals surface area contributed by atoms with Crippen molar-refractivity contribution in [2.75, 3.05) is 17.7 Å². The first-order chi connectivity index (χ1) is 13.6. The SMILES string of the molecule is CNc1cc(Nc2cccn(-c3ccccn3)c2=O)nc2c(C(=O)O)onc12. The lowest BCUT2D eigenvalue weighted by Crippen LogP contribution is -2.21. The first kappa shape index (κ1) is 17.2. The van der Waals surface area contributed by atoms with Gasteiger partial charge in [-0.25, -0.2) is 14.8 Å². The Kier molecular flexibility index (Phi) is 4.20. The van der Waals surface area contributed by atoms with Crippen LogP contribution < -0.4 is 16.2 Å². The van der Waals surface area contributed by atoms with E-state index in [2.05, 4.69) is 25.8 Å². The average molecular weight is 378 g/mol. The highest BCUT2D eigenvalue weighted by atomic mass is 16.5. The molecule has 0 bridgehead atoms. The third-order valence-electron chi connectivity index (χ3n) is 4.01. The lowest BCUT2D eigenvalue weighted by atomic mass is 10.2. The summed E-state index contributed by atoms with van der Waals surface area (Å²) in [5, 5.41) is 18.8. The van der Waals surface area contributed by atoms with Gasteiger partial charge >= 0.3 is 5.97 Å². The molecule has 140 valence electrons. The molecule has 0 amide bonds. The van der Waals surface area contributed by atoms with Gasteiger partial charge in [-0.05, 0) is 24.3 Å². The minimum Gasteiger partial charge on any atom is -0.475 e. The third-order valence-corrected chi connectivity index (χ3v) is 4.01. The number of pyridine rings is 3. The van der Waals surface area contributed by atoms with Crippen LogP contribution in [0.2, 0.25) is 0 Å². The van der Waals surface area contributed by atoms with E-state index >= 15 is 0 Å². The van der Waals surface area contributed by atoms with Crippen LogP contribution in [-0.4, -0.2) is 37.8 Å². The van der Waals surface area contributed by atoms with E-state index in [1.54, 1.807) is 55.8 Å². The van der Waals surface area contributed by atoms with Crippen molar-refractivity contribution >= 4 is 34.2 Å². The minimum absolute atomic E-state index is 0.0721. The summed E-state index contributed by atoms with van der Waals surface area (Å²) < 4.78 is 6.26. The molecule has 10 nitrogen and oxygen atoms in total. The summed E-state index contributed by atoms with van der Waals surface area (Å²) in [6.45, 7) is 0. The fraction of sp³-hybridized carbons (Fsp3) is 0.0556. The van der Waals surface area contributed by atoms with Crippen LogP contribution in [0.15, 0.2) is 58.1 Å². The Morgan fingerprint density at radius 3 is 2.75 bits per heavy atom. The van der Waals surface area contributed by atoms with Gasteiger partial charge in [0, 0.05) is 25.5 Å². The van der Waals surface area contributed by atoms with Crippen molar-refractivity contribution in [3.8, 4) is 5.82 Å². The highest BCUT2D eigenvalue weighted by Crippen LogP contribution is 2.27. The summed E-state index contributed by atoms with van der Waals surface area (Å²) in [7, 11) is 1.66. The van der Waals surface area contributed by atoms with E-state index in [-0.39, 0.29) is 33.9 Å². The second kappa shape index (κ2) is 6.83. The van der Waals surface area contributed by atoms with Crippen LogP contribution in [0.4, 0.5) is 17.2 Å². The molecule has 0 radical (unpaired) electrons. The Morgan fingerprint density at radius 1 is 1.18 bits per heavy atom. The molecule has 3 N–H and O–H groups in total. The van der Waals surface area contributed by atoms with Crippen molar-refractivity contribution in [3.63, 3.8) is 0 Å². The first-order valence-corrected chi connectivity index (χ1v) is 8.20. The zero-order valence-corrected chi connectivity index (χ0v) is 14.6. The van der Waals surface area contributed by atoms with E-state index in [0.29, 0.717) is 11.5 Å². The van der Waals surface area contributed by atoms with Gasteiger partial charge in [0.15, 0.2) is 5.52 Å². The van der Waals surface area contributed by atoms with Gasteiger partial charge in [-0.2, -0.15) is 0 Å². The summed E-state index contributed by atoms with van der Waals surface area (Å²) in [5.41, 5.74) is 0.769. The number of aromatic carboxylic acids is 1. The van der Waals surface area contributed by atoms with Crippen molar-refractivity contribution in [1.29, 1.82) is 0 Å². The normalized spacial score (nSPS) is 10.8. The number of anilines is 3. The van der Waals surface area contributed by atoms with Gasteiger partial charge in [-0.15, -0.1) is 0 Å². The third kappa shape index (κ3) is 2.92. The molecular weight excluding hydrogens is 364 g/mol. The Balaban J connectivity index is 1.80. The second-order valence-electron chi connectivity index (χ2n) is 5.73. The summed E-state index contributed by atoms with van der Waals surface area (Å²) >= 11 is 0. The van der Waals surface area contributed by atoms with Crippen LogP contribution in [0.25, 0.3) is 16.9 Å². The summed E-state index contributed by atoms with van der Waals surface area (Å²) in [6, 6.07) is 10.1. The number of aromatic nitrogens is 4. The van der Waals surface area contributed by atoms with Gasteiger partial charge in [0.05, 0.1) is 5.69 Å². The highest BCUT2D eigenvalue weighted by molar-refractivity contribution is 6.02. The quantitative estimate of drug-likeness (QED) is 0.478. The van der Waals surface area contributed by atoms with Crippen molar-refractivity contribution in [3.05, 3.63) is 64.9 Å². The number of hydrogen-bond donors (Lipinski definition) is 3.